The van der Waals surface area contributed by atoms with Crippen LogP contribution in [0.3, 0.4) is 0 Å². The molecule has 0 fully saturated rings. The van der Waals surface area contributed by atoms with Gasteiger partial charge in [-0.25, -0.2) is 9.97 Å². The maximum Gasteiger partial charge on any atom is 0.227 e. The van der Waals surface area contributed by atoms with E-state index in [1.54, 1.807) is 11.3 Å². The number of nitrogens with zero attached hydrogens (tertiary/aromatic N) is 4. The standard InChI is InChI=1S/C21H25N5OS/c1-4-15(12-27)22-21-24-20-18(16(5-2)13(3)28-20)19-23-17(25-26(19)21)11-14-9-7-6-8-10-14/h6-10,15,27H,4-5,11-12H2,1-3H3,(H,22,24). The van der Waals surface area contributed by atoms with Gasteiger partial charge in [-0.3, -0.25) is 0 Å². The summed E-state index contributed by atoms with van der Waals surface area (Å²) in [6.45, 7) is 6.39. The molecule has 1 aromatic carbocycles. The smallest absolute Gasteiger partial charge is 0.227 e. The Labute approximate surface area is 168 Å². The van der Waals surface area contributed by atoms with E-state index in [0.717, 1.165) is 34.5 Å². The molecule has 146 valence electrons. The van der Waals surface area contributed by atoms with Gasteiger partial charge in [0.15, 0.2) is 11.5 Å². The van der Waals surface area contributed by atoms with Crippen molar-refractivity contribution in [1.29, 1.82) is 0 Å². The fourth-order valence-corrected chi connectivity index (χ4v) is 4.62. The molecule has 0 radical (unpaired) electrons. The maximum absolute atomic E-state index is 9.63. The second-order valence-electron chi connectivity index (χ2n) is 6.96. The molecule has 0 amide bonds. The Morgan fingerprint density at radius 2 is 1.96 bits per heavy atom. The molecule has 0 saturated carbocycles. The summed E-state index contributed by atoms with van der Waals surface area (Å²) in [5.41, 5.74) is 3.31. The predicted molar refractivity (Wildman–Crippen MR) is 114 cm³/mol. The summed E-state index contributed by atoms with van der Waals surface area (Å²) < 4.78 is 1.81. The number of rotatable bonds is 7. The zero-order valence-corrected chi connectivity index (χ0v) is 17.3. The minimum Gasteiger partial charge on any atom is -0.394 e. The molecule has 0 aliphatic heterocycles. The van der Waals surface area contributed by atoms with E-state index >= 15 is 0 Å². The Morgan fingerprint density at radius 3 is 2.64 bits per heavy atom. The number of aromatic nitrogens is 4. The number of aliphatic hydroxyl groups excluding tert-OH is 1. The molecule has 0 aliphatic carbocycles. The van der Waals surface area contributed by atoms with Crippen molar-refractivity contribution < 1.29 is 5.11 Å². The third-order valence-electron chi connectivity index (χ3n) is 5.08. The van der Waals surface area contributed by atoms with E-state index in [2.05, 4.69) is 31.3 Å². The Hall–Kier alpha value is -2.51. The van der Waals surface area contributed by atoms with Crippen molar-refractivity contribution in [3.8, 4) is 0 Å². The molecule has 1 atom stereocenters. The van der Waals surface area contributed by atoms with Crippen LogP contribution in [0.25, 0.3) is 15.9 Å². The number of aryl methyl sites for hydroxylation is 2. The van der Waals surface area contributed by atoms with Crippen LogP contribution in [-0.2, 0) is 12.8 Å². The van der Waals surface area contributed by atoms with E-state index in [4.69, 9.17) is 15.1 Å². The zero-order valence-electron chi connectivity index (χ0n) is 16.4. The minimum absolute atomic E-state index is 0.0486. The number of fused-ring (bicyclic) bond motifs is 3. The molecule has 3 heterocycles. The molecule has 6 nitrogen and oxygen atoms in total. The van der Waals surface area contributed by atoms with Crippen LogP contribution < -0.4 is 5.32 Å². The van der Waals surface area contributed by atoms with E-state index in [1.165, 1.54) is 16.0 Å². The summed E-state index contributed by atoms with van der Waals surface area (Å²) in [6.07, 6.45) is 2.41. The van der Waals surface area contributed by atoms with Crippen LogP contribution in [0.2, 0.25) is 0 Å². The molecule has 4 rings (SSSR count). The summed E-state index contributed by atoms with van der Waals surface area (Å²) in [5, 5.41) is 18.8. The number of thiophene rings is 1. The molecule has 0 bridgehead atoms. The van der Waals surface area contributed by atoms with Crippen molar-refractivity contribution in [2.24, 2.45) is 0 Å². The van der Waals surface area contributed by atoms with Crippen LogP contribution in [0.4, 0.5) is 5.95 Å². The summed E-state index contributed by atoms with van der Waals surface area (Å²) >= 11 is 1.69. The quantitative estimate of drug-likeness (QED) is 0.495. The molecule has 4 aromatic rings. The van der Waals surface area contributed by atoms with Crippen LogP contribution in [0.1, 0.15) is 42.1 Å². The molecule has 0 aliphatic rings. The first-order valence-corrected chi connectivity index (χ1v) is 10.5. The van der Waals surface area contributed by atoms with E-state index < -0.39 is 0 Å². The summed E-state index contributed by atoms with van der Waals surface area (Å²) in [6, 6.07) is 10.2. The van der Waals surface area contributed by atoms with Crippen LogP contribution in [0.5, 0.6) is 0 Å². The van der Waals surface area contributed by atoms with Gasteiger partial charge in [-0.05, 0) is 30.9 Å². The highest BCUT2D eigenvalue weighted by atomic mass is 32.1. The Bertz CT molecular complexity index is 1100. The lowest BCUT2D eigenvalue weighted by atomic mass is 10.1. The van der Waals surface area contributed by atoms with Gasteiger partial charge in [0.1, 0.15) is 4.83 Å². The minimum atomic E-state index is -0.0679. The molecule has 3 aromatic heterocycles. The van der Waals surface area contributed by atoms with Crippen LogP contribution in [-0.4, -0.2) is 37.3 Å². The molecule has 1 unspecified atom stereocenters. The average Bonchev–Trinajstić information content (AvgIpc) is 3.26. The SMILES string of the molecule is CCc1c(C)sc2nc(NC(CC)CO)n3nc(Cc4ccccc4)nc3c12. The number of hydrogen-bond acceptors (Lipinski definition) is 6. The molecule has 0 saturated heterocycles. The summed E-state index contributed by atoms with van der Waals surface area (Å²) in [4.78, 5) is 12.0. The fraction of sp³-hybridized carbons (Fsp3) is 0.381. The molecule has 2 N–H and O–H groups in total. The third-order valence-corrected chi connectivity index (χ3v) is 6.12. The normalized spacial score (nSPS) is 12.7. The number of nitrogens with one attached hydrogen (secondary N) is 1. The van der Waals surface area contributed by atoms with Crippen LogP contribution >= 0.6 is 11.3 Å². The highest BCUT2D eigenvalue weighted by Gasteiger charge is 2.20. The molecule has 0 spiro atoms. The van der Waals surface area contributed by atoms with Crippen LogP contribution in [0, 0.1) is 6.92 Å². The topological polar surface area (TPSA) is 75.3 Å². The van der Waals surface area contributed by atoms with E-state index in [0.29, 0.717) is 12.4 Å². The van der Waals surface area contributed by atoms with Crippen molar-refractivity contribution in [3.05, 3.63) is 52.2 Å². The first-order valence-electron chi connectivity index (χ1n) is 9.73. The van der Waals surface area contributed by atoms with E-state index in [-0.39, 0.29) is 12.6 Å². The van der Waals surface area contributed by atoms with Crippen molar-refractivity contribution >= 4 is 33.1 Å². The Kier molecular flexibility index (Phi) is 5.28. The van der Waals surface area contributed by atoms with Crippen molar-refractivity contribution in [2.75, 3.05) is 11.9 Å². The summed E-state index contributed by atoms with van der Waals surface area (Å²) in [5.74, 6) is 1.41. The summed E-state index contributed by atoms with van der Waals surface area (Å²) in [7, 11) is 0. The lowest BCUT2D eigenvalue weighted by molar-refractivity contribution is 0.271. The molecular weight excluding hydrogens is 370 g/mol. The first kappa shape index (κ1) is 18.8. The lowest BCUT2D eigenvalue weighted by Gasteiger charge is -2.15. The third kappa shape index (κ3) is 3.36. The number of benzene rings is 1. The van der Waals surface area contributed by atoms with Gasteiger partial charge in [0.2, 0.25) is 5.95 Å². The number of aliphatic hydroxyl groups is 1. The first-order chi connectivity index (χ1) is 13.6. The fourth-order valence-electron chi connectivity index (χ4n) is 3.51. The van der Waals surface area contributed by atoms with Gasteiger partial charge in [0.05, 0.1) is 18.0 Å². The second kappa shape index (κ2) is 7.85. The van der Waals surface area contributed by atoms with Gasteiger partial charge < -0.3 is 10.4 Å². The van der Waals surface area contributed by atoms with Crippen molar-refractivity contribution in [1.82, 2.24) is 19.6 Å². The van der Waals surface area contributed by atoms with E-state index in [1.807, 2.05) is 29.6 Å². The van der Waals surface area contributed by atoms with Gasteiger partial charge in [0.25, 0.3) is 0 Å². The highest BCUT2D eigenvalue weighted by molar-refractivity contribution is 7.18. The van der Waals surface area contributed by atoms with Gasteiger partial charge in [-0.1, -0.05) is 44.2 Å². The molecule has 7 heteroatoms. The zero-order chi connectivity index (χ0) is 19.7. The van der Waals surface area contributed by atoms with Crippen molar-refractivity contribution in [2.45, 2.75) is 46.1 Å². The highest BCUT2D eigenvalue weighted by Crippen LogP contribution is 2.34. The number of hydrogen-bond donors (Lipinski definition) is 2. The maximum atomic E-state index is 9.63. The average molecular weight is 396 g/mol. The molecule has 28 heavy (non-hydrogen) atoms. The number of anilines is 1. The van der Waals surface area contributed by atoms with E-state index in [9.17, 15) is 5.11 Å². The van der Waals surface area contributed by atoms with Gasteiger partial charge >= 0.3 is 0 Å². The van der Waals surface area contributed by atoms with Gasteiger partial charge in [-0.2, -0.15) is 4.52 Å². The Balaban J connectivity index is 1.89. The van der Waals surface area contributed by atoms with Gasteiger partial charge in [0, 0.05) is 11.3 Å². The largest absolute Gasteiger partial charge is 0.394 e. The van der Waals surface area contributed by atoms with Crippen molar-refractivity contribution in [3.63, 3.8) is 0 Å². The Morgan fingerprint density at radius 1 is 1.18 bits per heavy atom. The predicted octanol–water partition coefficient (Wildman–Crippen LogP) is 3.98. The second-order valence-corrected chi connectivity index (χ2v) is 8.17. The van der Waals surface area contributed by atoms with Gasteiger partial charge in [-0.15, -0.1) is 16.4 Å². The van der Waals surface area contributed by atoms with Crippen LogP contribution in [0.15, 0.2) is 30.3 Å². The monoisotopic (exact) mass is 395 g/mol. The lowest BCUT2D eigenvalue weighted by Crippen LogP contribution is -2.25. The molecular formula is C21H25N5OS.